The molecule has 0 unspecified atom stereocenters. The molecular formula is C28H23F4N3O3. The van der Waals surface area contributed by atoms with Crippen molar-refractivity contribution in [1.29, 1.82) is 0 Å². The van der Waals surface area contributed by atoms with E-state index >= 15 is 0 Å². The summed E-state index contributed by atoms with van der Waals surface area (Å²) >= 11 is 0. The van der Waals surface area contributed by atoms with Crippen molar-refractivity contribution in [2.75, 3.05) is 13.2 Å². The third kappa shape index (κ3) is 4.48. The van der Waals surface area contributed by atoms with Gasteiger partial charge in [0.1, 0.15) is 35.3 Å². The number of rotatable bonds is 6. The van der Waals surface area contributed by atoms with Gasteiger partial charge in [0.05, 0.1) is 0 Å². The number of nitrogens with zero attached hydrogens (tertiary/aromatic N) is 2. The van der Waals surface area contributed by atoms with E-state index in [1.807, 2.05) is 6.92 Å². The van der Waals surface area contributed by atoms with E-state index < -0.39 is 24.5 Å². The van der Waals surface area contributed by atoms with Gasteiger partial charge in [-0.2, -0.15) is 13.2 Å². The number of carbonyl (C=O) groups is 1. The molecule has 0 bridgehead atoms. The van der Waals surface area contributed by atoms with E-state index in [1.165, 1.54) is 36.7 Å². The van der Waals surface area contributed by atoms with Crippen molar-refractivity contribution < 1.29 is 31.5 Å². The molecule has 2 aromatic heterocycles. The Morgan fingerprint density at radius 3 is 2.63 bits per heavy atom. The van der Waals surface area contributed by atoms with Crippen LogP contribution in [0.4, 0.5) is 17.6 Å². The van der Waals surface area contributed by atoms with Crippen LogP contribution in [-0.4, -0.2) is 35.2 Å². The highest BCUT2D eigenvalue weighted by molar-refractivity contribution is 5.97. The molecule has 2 aliphatic rings. The molecule has 2 atom stereocenters. The molecule has 2 aromatic carbocycles. The molecule has 1 fully saturated rings. The first-order valence-corrected chi connectivity index (χ1v) is 12.3. The molecule has 0 spiro atoms. The van der Waals surface area contributed by atoms with Gasteiger partial charge in [0.2, 0.25) is 0 Å². The minimum Gasteiger partial charge on any atom is -0.490 e. The molecule has 1 aliphatic carbocycles. The Kier molecular flexibility index (Phi) is 5.85. The van der Waals surface area contributed by atoms with Crippen molar-refractivity contribution in [2.45, 2.75) is 37.8 Å². The van der Waals surface area contributed by atoms with E-state index in [-0.39, 0.29) is 41.3 Å². The SMILES string of the molecule is Cc1cc(C(=O)NC[C@H](c2cc3c(c(-c4ccc(F)cc4)n2)OC[C@H]3C(F)(F)F)C2CC2)cc2ocnc12. The number of hydrogen-bond donors (Lipinski definition) is 1. The summed E-state index contributed by atoms with van der Waals surface area (Å²) < 4.78 is 66.0. The average molecular weight is 526 g/mol. The van der Waals surface area contributed by atoms with Gasteiger partial charge in [-0.15, -0.1) is 0 Å². The average Bonchev–Trinajstić information content (AvgIpc) is 3.41. The molecule has 1 amide bonds. The molecule has 0 saturated heterocycles. The molecule has 10 heteroatoms. The predicted octanol–water partition coefficient (Wildman–Crippen LogP) is 6.30. The predicted molar refractivity (Wildman–Crippen MR) is 130 cm³/mol. The molecule has 0 radical (unpaired) electrons. The van der Waals surface area contributed by atoms with E-state index in [2.05, 4.69) is 10.3 Å². The maximum Gasteiger partial charge on any atom is 0.399 e. The smallest absolute Gasteiger partial charge is 0.399 e. The number of ether oxygens (including phenoxy) is 1. The van der Waals surface area contributed by atoms with E-state index in [4.69, 9.17) is 14.1 Å². The van der Waals surface area contributed by atoms with Crippen LogP contribution in [0.2, 0.25) is 0 Å². The zero-order valence-corrected chi connectivity index (χ0v) is 20.3. The zero-order chi connectivity index (χ0) is 26.6. The molecule has 6 nitrogen and oxygen atoms in total. The number of nitrogens with one attached hydrogen (secondary N) is 1. The van der Waals surface area contributed by atoms with Crippen LogP contribution >= 0.6 is 0 Å². The molecule has 4 aromatic rings. The van der Waals surface area contributed by atoms with Crippen LogP contribution in [0.3, 0.4) is 0 Å². The normalized spacial score (nSPS) is 17.8. The summed E-state index contributed by atoms with van der Waals surface area (Å²) in [7, 11) is 0. The van der Waals surface area contributed by atoms with Crippen LogP contribution in [-0.2, 0) is 0 Å². The summed E-state index contributed by atoms with van der Waals surface area (Å²) in [5.41, 5.74) is 3.54. The summed E-state index contributed by atoms with van der Waals surface area (Å²) in [5.74, 6) is -2.64. The first kappa shape index (κ1) is 24.4. The molecule has 196 valence electrons. The van der Waals surface area contributed by atoms with Gasteiger partial charge in [-0.05, 0) is 73.7 Å². The van der Waals surface area contributed by atoms with Gasteiger partial charge in [0.25, 0.3) is 5.91 Å². The fourth-order valence-electron chi connectivity index (χ4n) is 5.09. The highest BCUT2D eigenvalue weighted by atomic mass is 19.4. The number of aromatic nitrogens is 2. The monoisotopic (exact) mass is 525 g/mol. The van der Waals surface area contributed by atoms with Crippen LogP contribution < -0.4 is 10.1 Å². The van der Waals surface area contributed by atoms with Crippen molar-refractivity contribution in [3.63, 3.8) is 0 Å². The minimum absolute atomic E-state index is 0.0187. The summed E-state index contributed by atoms with van der Waals surface area (Å²) in [6.45, 7) is 1.49. The quantitative estimate of drug-likeness (QED) is 0.299. The summed E-state index contributed by atoms with van der Waals surface area (Å²) in [4.78, 5) is 21.9. The Balaban J connectivity index is 1.34. The van der Waals surface area contributed by atoms with E-state index in [9.17, 15) is 22.4 Å². The van der Waals surface area contributed by atoms with Crippen LogP contribution in [0, 0.1) is 18.7 Å². The lowest BCUT2D eigenvalue weighted by molar-refractivity contribution is -0.151. The van der Waals surface area contributed by atoms with Gasteiger partial charge in [0.15, 0.2) is 12.0 Å². The lowest BCUT2D eigenvalue weighted by Crippen LogP contribution is -2.30. The highest BCUT2D eigenvalue weighted by Gasteiger charge is 2.47. The topological polar surface area (TPSA) is 77.2 Å². The number of benzene rings is 2. The van der Waals surface area contributed by atoms with Crippen molar-refractivity contribution in [3.8, 4) is 17.0 Å². The van der Waals surface area contributed by atoms with Crippen LogP contribution in [0.1, 0.15) is 51.9 Å². The molecule has 6 rings (SSSR count). The largest absolute Gasteiger partial charge is 0.490 e. The number of aryl methyl sites for hydroxylation is 1. The van der Waals surface area contributed by atoms with Crippen LogP contribution in [0.5, 0.6) is 5.75 Å². The van der Waals surface area contributed by atoms with E-state index in [0.717, 1.165) is 18.4 Å². The molecule has 1 saturated carbocycles. The molecule has 38 heavy (non-hydrogen) atoms. The number of halogens is 4. The lowest BCUT2D eigenvalue weighted by atomic mass is 9.92. The van der Waals surface area contributed by atoms with Crippen LogP contribution in [0.15, 0.2) is 53.3 Å². The Bertz CT molecular complexity index is 1530. The molecule has 1 aliphatic heterocycles. The van der Waals surface area contributed by atoms with Gasteiger partial charge in [-0.1, -0.05) is 0 Å². The fraction of sp³-hybridized carbons (Fsp3) is 0.321. The van der Waals surface area contributed by atoms with Crippen molar-refractivity contribution >= 4 is 17.0 Å². The number of carbonyl (C=O) groups excluding carboxylic acids is 1. The number of alkyl halides is 3. The molecule has 1 N–H and O–H groups in total. The van der Waals surface area contributed by atoms with Gasteiger partial charge >= 0.3 is 6.18 Å². The number of hydrogen-bond acceptors (Lipinski definition) is 5. The second kappa shape index (κ2) is 9.11. The van der Waals surface area contributed by atoms with Crippen molar-refractivity contribution in [1.82, 2.24) is 15.3 Å². The third-order valence-corrected chi connectivity index (χ3v) is 7.25. The number of fused-ring (bicyclic) bond motifs is 2. The van der Waals surface area contributed by atoms with E-state index in [0.29, 0.717) is 27.9 Å². The second-order valence-corrected chi connectivity index (χ2v) is 9.87. The summed E-state index contributed by atoms with van der Waals surface area (Å²) in [5, 5.41) is 2.93. The van der Waals surface area contributed by atoms with Crippen molar-refractivity contribution in [3.05, 3.63) is 77.1 Å². The van der Waals surface area contributed by atoms with E-state index in [1.54, 1.807) is 12.1 Å². The number of pyridine rings is 1. The maximum atomic E-state index is 13.9. The fourth-order valence-corrected chi connectivity index (χ4v) is 5.09. The van der Waals surface area contributed by atoms with Gasteiger partial charge in [0, 0.05) is 34.8 Å². The Morgan fingerprint density at radius 1 is 1.16 bits per heavy atom. The third-order valence-electron chi connectivity index (χ3n) is 7.25. The Hall–Kier alpha value is -3.95. The second-order valence-electron chi connectivity index (χ2n) is 9.87. The first-order chi connectivity index (χ1) is 18.2. The van der Waals surface area contributed by atoms with Crippen LogP contribution in [0.25, 0.3) is 22.4 Å². The zero-order valence-electron chi connectivity index (χ0n) is 20.3. The maximum absolute atomic E-state index is 13.9. The standard InChI is InChI=1S/C28H23F4N3O3/c1-14-8-17(9-23-24(14)34-13-38-23)27(36)33-11-20(15-2-3-15)22-10-19-21(28(30,31)32)12-37-26(19)25(35-22)16-4-6-18(29)7-5-16/h4-10,13,15,20-21H,2-3,11-12H2,1H3,(H,33,36)/t20-,21+/m0/s1. The van der Waals surface area contributed by atoms with Gasteiger partial charge < -0.3 is 14.5 Å². The first-order valence-electron chi connectivity index (χ1n) is 12.3. The molecule has 3 heterocycles. The van der Waals surface area contributed by atoms with Gasteiger partial charge in [-0.3, -0.25) is 4.79 Å². The Labute approximate surface area is 215 Å². The Morgan fingerprint density at radius 2 is 1.92 bits per heavy atom. The van der Waals surface area contributed by atoms with Crippen molar-refractivity contribution in [2.24, 2.45) is 5.92 Å². The minimum atomic E-state index is -4.50. The summed E-state index contributed by atoms with van der Waals surface area (Å²) in [6.07, 6.45) is -1.41. The number of oxazole rings is 1. The number of amides is 1. The summed E-state index contributed by atoms with van der Waals surface area (Å²) in [6, 6.07) is 10.2. The van der Waals surface area contributed by atoms with Gasteiger partial charge in [-0.25, -0.2) is 14.4 Å². The lowest BCUT2D eigenvalue weighted by Gasteiger charge is -2.20. The highest BCUT2D eigenvalue weighted by Crippen LogP contribution is 2.50. The molecular weight excluding hydrogens is 502 g/mol.